The van der Waals surface area contributed by atoms with E-state index in [9.17, 15) is 0 Å². The molecule has 18 heavy (non-hydrogen) atoms. The SMILES string of the molecule is CC(C)(C)C(CCO)NCc1ccc(Cl)c(Cl)c1. The smallest absolute Gasteiger partial charge is 0.0595 e. The van der Waals surface area contributed by atoms with E-state index in [1.807, 2.05) is 12.1 Å². The highest BCUT2D eigenvalue weighted by Crippen LogP contribution is 2.24. The second kappa shape index (κ2) is 6.76. The maximum Gasteiger partial charge on any atom is 0.0595 e. The molecule has 1 unspecified atom stereocenters. The molecule has 2 N–H and O–H groups in total. The maximum atomic E-state index is 9.10. The number of hydrogen-bond donors (Lipinski definition) is 2. The zero-order chi connectivity index (χ0) is 13.8. The minimum atomic E-state index is 0.110. The van der Waals surface area contributed by atoms with Crippen LogP contribution in [0.5, 0.6) is 0 Å². The van der Waals surface area contributed by atoms with Crippen LogP contribution in [0.3, 0.4) is 0 Å². The molecule has 1 rings (SSSR count). The minimum Gasteiger partial charge on any atom is -0.396 e. The Labute approximate surface area is 119 Å². The average molecular weight is 290 g/mol. The van der Waals surface area contributed by atoms with Gasteiger partial charge in [-0.25, -0.2) is 0 Å². The van der Waals surface area contributed by atoms with Gasteiger partial charge in [-0.15, -0.1) is 0 Å². The molecule has 1 atom stereocenters. The van der Waals surface area contributed by atoms with Crippen molar-refractivity contribution >= 4 is 23.2 Å². The van der Waals surface area contributed by atoms with Gasteiger partial charge in [0.2, 0.25) is 0 Å². The number of hydrogen-bond acceptors (Lipinski definition) is 2. The number of nitrogens with one attached hydrogen (secondary N) is 1. The highest BCUT2D eigenvalue weighted by molar-refractivity contribution is 6.42. The molecular formula is C14H21Cl2NO. The molecule has 4 heteroatoms. The fraction of sp³-hybridized carbons (Fsp3) is 0.571. The van der Waals surface area contributed by atoms with Gasteiger partial charge in [0.25, 0.3) is 0 Å². The molecule has 0 aliphatic carbocycles. The van der Waals surface area contributed by atoms with Gasteiger partial charge < -0.3 is 10.4 Å². The number of aliphatic hydroxyl groups excluding tert-OH is 1. The van der Waals surface area contributed by atoms with E-state index >= 15 is 0 Å². The number of benzene rings is 1. The Kier molecular flexibility index (Phi) is 5.93. The standard InChI is InChI=1S/C14H21Cl2NO/c1-14(2,3)13(6-7-18)17-9-10-4-5-11(15)12(16)8-10/h4-5,8,13,17-18H,6-7,9H2,1-3H3. The van der Waals surface area contributed by atoms with E-state index in [0.29, 0.717) is 10.0 Å². The van der Waals surface area contributed by atoms with Crippen molar-refractivity contribution in [2.45, 2.75) is 39.8 Å². The van der Waals surface area contributed by atoms with Gasteiger partial charge in [0.15, 0.2) is 0 Å². The van der Waals surface area contributed by atoms with Crippen LogP contribution in [-0.2, 0) is 6.54 Å². The van der Waals surface area contributed by atoms with Crippen molar-refractivity contribution in [3.05, 3.63) is 33.8 Å². The van der Waals surface area contributed by atoms with Gasteiger partial charge in [0.1, 0.15) is 0 Å². The van der Waals surface area contributed by atoms with Gasteiger partial charge in [-0.2, -0.15) is 0 Å². The third-order valence-corrected chi connectivity index (χ3v) is 3.74. The lowest BCUT2D eigenvalue weighted by Crippen LogP contribution is -2.40. The summed E-state index contributed by atoms with van der Waals surface area (Å²) in [4.78, 5) is 0. The zero-order valence-electron chi connectivity index (χ0n) is 11.1. The Morgan fingerprint density at radius 2 is 1.89 bits per heavy atom. The van der Waals surface area contributed by atoms with Crippen LogP contribution < -0.4 is 5.32 Å². The Morgan fingerprint density at radius 1 is 1.22 bits per heavy atom. The normalized spacial score (nSPS) is 13.7. The summed E-state index contributed by atoms with van der Waals surface area (Å²) in [5.74, 6) is 0. The van der Waals surface area contributed by atoms with E-state index in [1.165, 1.54) is 0 Å². The molecule has 0 saturated heterocycles. The largest absolute Gasteiger partial charge is 0.396 e. The molecule has 0 heterocycles. The highest BCUT2D eigenvalue weighted by atomic mass is 35.5. The van der Waals surface area contributed by atoms with Gasteiger partial charge >= 0.3 is 0 Å². The van der Waals surface area contributed by atoms with Crippen LogP contribution >= 0.6 is 23.2 Å². The Balaban J connectivity index is 2.64. The Morgan fingerprint density at radius 3 is 2.39 bits per heavy atom. The maximum absolute atomic E-state index is 9.10. The average Bonchev–Trinajstić information content (AvgIpc) is 2.27. The first kappa shape index (κ1) is 15.8. The van der Waals surface area contributed by atoms with Crippen LogP contribution in [-0.4, -0.2) is 17.8 Å². The minimum absolute atomic E-state index is 0.110. The molecule has 102 valence electrons. The predicted octanol–water partition coefficient (Wildman–Crippen LogP) is 3.88. The van der Waals surface area contributed by atoms with Crippen LogP contribution in [0.25, 0.3) is 0 Å². The summed E-state index contributed by atoms with van der Waals surface area (Å²) in [6.45, 7) is 7.40. The molecule has 2 nitrogen and oxygen atoms in total. The van der Waals surface area contributed by atoms with Crippen LogP contribution in [0.15, 0.2) is 18.2 Å². The van der Waals surface area contributed by atoms with Crippen molar-refractivity contribution in [2.24, 2.45) is 5.41 Å². The van der Waals surface area contributed by atoms with E-state index in [1.54, 1.807) is 6.07 Å². The molecule has 0 bridgehead atoms. The molecule has 0 aliphatic heterocycles. The van der Waals surface area contributed by atoms with E-state index in [4.69, 9.17) is 28.3 Å². The molecule has 0 fully saturated rings. The predicted molar refractivity (Wildman–Crippen MR) is 78.2 cm³/mol. The van der Waals surface area contributed by atoms with Crippen LogP contribution in [0.4, 0.5) is 0 Å². The van der Waals surface area contributed by atoms with Crippen molar-refractivity contribution in [1.29, 1.82) is 0 Å². The molecule has 1 aromatic carbocycles. The number of aliphatic hydroxyl groups is 1. The van der Waals surface area contributed by atoms with Crippen molar-refractivity contribution in [3.63, 3.8) is 0 Å². The lowest BCUT2D eigenvalue weighted by atomic mass is 9.85. The summed E-state index contributed by atoms with van der Waals surface area (Å²) >= 11 is 11.9. The quantitative estimate of drug-likeness (QED) is 0.862. The summed E-state index contributed by atoms with van der Waals surface area (Å²) in [6.07, 6.45) is 0.741. The van der Waals surface area contributed by atoms with Crippen LogP contribution in [0, 0.1) is 5.41 Å². The van der Waals surface area contributed by atoms with E-state index in [-0.39, 0.29) is 18.1 Å². The van der Waals surface area contributed by atoms with Crippen LogP contribution in [0.2, 0.25) is 10.0 Å². The summed E-state index contributed by atoms with van der Waals surface area (Å²) in [5, 5.41) is 13.7. The van der Waals surface area contributed by atoms with Crippen molar-refractivity contribution in [1.82, 2.24) is 5.32 Å². The lowest BCUT2D eigenvalue weighted by molar-refractivity contribution is 0.196. The molecule has 0 saturated carbocycles. The van der Waals surface area contributed by atoms with E-state index < -0.39 is 0 Å². The molecule has 0 radical (unpaired) electrons. The summed E-state index contributed by atoms with van der Waals surface area (Å²) in [6, 6.07) is 5.89. The Bertz CT molecular complexity index is 388. The summed E-state index contributed by atoms with van der Waals surface area (Å²) in [7, 11) is 0. The first-order valence-corrected chi connectivity index (χ1v) is 6.88. The third kappa shape index (κ3) is 4.77. The van der Waals surface area contributed by atoms with E-state index in [2.05, 4.69) is 26.1 Å². The van der Waals surface area contributed by atoms with Crippen molar-refractivity contribution in [3.8, 4) is 0 Å². The van der Waals surface area contributed by atoms with Crippen molar-refractivity contribution in [2.75, 3.05) is 6.61 Å². The number of rotatable bonds is 5. The Hall–Kier alpha value is -0.280. The van der Waals surface area contributed by atoms with E-state index in [0.717, 1.165) is 18.5 Å². The van der Waals surface area contributed by atoms with Crippen molar-refractivity contribution < 1.29 is 5.11 Å². The summed E-state index contributed by atoms with van der Waals surface area (Å²) < 4.78 is 0. The fourth-order valence-corrected chi connectivity index (χ4v) is 2.18. The molecule has 0 spiro atoms. The third-order valence-electron chi connectivity index (χ3n) is 3.00. The first-order valence-electron chi connectivity index (χ1n) is 6.12. The molecule has 0 aliphatic rings. The summed E-state index contributed by atoms with van der Waals surface area (Å²) in [5.41, 5.74) is 1.20. The highest BCUT2D eigenvalue weighted by Gasteiger charge is 2.23. The topological polar surface area (TPSA) is 32.3 Å². The van der Waals surface area contributed by atoms with Gasteiger partial charge in [0, 0.05) is 19.2 Å². The molecule has 0 aromatic heterocycles. The van der Waals surface area contributed by atoms with Gasteiger partial charge in [-0.3, -0.25) is 0 Å². The molecular weight excluding hydrogens is 269 g/mol. The van der Waals surface area contributed by atoms with Crippen LogP contribution in [0.1, 0.15) is 32.8 Å². The van der Waals surface area contributed by atoms with Gasteiger partial charge in [-0.05, 0) is 29.5 Å². The second-order valence-electron chi connectivity index (χ2n) is 5.56. The van der Waals surface area contributed by atoms with Gasteiger partial charge in [-0.1, -0.05) is 50.0 Å². The fourth-order valence-electron chi connectivity index (χ4n) is 1.86. The second-order valence-corrected chi connectivity index (χ2v) is 6.37. The lowest BCUT2D eigenvalue weighted by Gasteiger charge is -2.31. The molecule has 0 amide bonds. The van der Waals surface area contributed by atoms with Gasteiger partial charge in [0.05, 0.1) is 10.0 Å². The first-order chi connectivity index (χ1) is 8.34. The number of halogens is 2. The monoisotopic (exact) mass is 289 g/mol. The molecule has 1 aromatic rings. The zero-order valence-corrected chi connectivity index (χ0v) is 12.6.